The smallest absolute Gasteiger partial charge is 0.294 e. The number of ether oxygens (including phenoxy) is 1. The molecule has 0 aliphatic heterocycles. The maximum absolute atomic E-state index is 11.1. The zero-order valence-corrected chi connectivity index (χ0v) is 16.7. The lowest BCUT2D eigenvalue weighted by atomic mass is 10.1. The van der Waals surface area contributed by atoms with Gasteiger partial charge in [-0.05, 0) is 59.7 Å². The summed E-state index contributed by atoms with van der Waals surface area (Å²) in [6, 6.07) is 21.2. The Morgan fingerprint density at radius 2 is 1.31 bits per heavy atom. The molecule has 0 saturated carbocycles. The number of halogens is 1. The van der Waals surface area contributed by atoms with Gasteiger partial charge in [0, 0.05) is 18.1 Å². The Bertz CT molecular complexity index is 1170. The molecule has 6 nitrogen and oxygen atoms in total. The second kappa shape index (κ2) is 8.48. The first-order valence-electron chi connectivity index (χ1n) is 8.43. The van der Waals surface area contributed by atoms with Crippen LogP contribution < -0.4 is 4.74 Å². The Balaban J connectivity index is 0.00000240. The normalized spacial score (nSPS) is 10.9. The first-order valence-corrected chi connectivity index (χ1v) is 9.87. The Hall–Kier alpha value is -3.13. The van der Waals surface area contributed by atoms with Crippen LogP contribution in [0.2, 0.25) is 0 Å². The molecule has 0 aliphatic carbocycles. The van der Waals surface area contributed by atoms with E-state index in [4.69, 9.17) is 9.29 Å². The minimum absolute atomic E-state index is 0. The van der Waals surface area contributed by atoms with E-state index in [0.29, 0.717) is 11.5 Å². The zero-order valence-electron chi connectivity index (χ0n) is 15.0. The largest absolute Gasteiger partial charge is 0.457 e. The van der Waals surface area contributed by atoms with Crippen LogP contribution in [0.5, 0.6) is 11.5 Å². The van der Waals surface area contributed by atoms with Gasteiger partial charge in [0.25, 0.3) is 10.1 Å². The minimum Gasteiger partial charge on any atom is -0.457 e. The van der Waals surface area contributed by atoms with Crippen LogP contribution in [0.1, 0.15) is 0 Å². The van der Waals surface area contributed by atoms with Gasteiger partial charge in [0.05, 0.1) is 11.2 Å². The van der Waals surface area contributed by atoms with Crippen molar-refractivity contribution in [3.63, 3.8) is 0 Å². The predicted molar refractivity (Wildman–Crippen MR) is 113 cm³/mol. The molecule has 3 aromatic carbocycles. The third-order valence-corrected chi connectivity index (χ3v) is 5.08. The van der Waals surface area contributed by atoms with Gasteiger partial charge < -0.3 is 9.30 Å². The summed E-state index contributed by atoms with van der Waals surface area (Å²) in [4.78, 5) is 3.90. The molecular formula is C21H17ClN2O4S. The highest BCUT2D eigenvalue weighted by atomic mass is 35.5. The third-order valence-electron chi connectivity index (χ3n) is 4.21. The second-order valence-electron chi connectivity index (χ2n) is 6.09. The molecule has 0 amide bonds. The van der Waals surface area contributed by atoms with Crippen LogP contribution >= 0.6 is 12.4 Å². The minimum atomic E-state index is -4.19. The van der Waals surface area contributed by atoms with Crippen LogP contribution in [0.4, 0.5) is 0 Å². The van der Waals surface area contributed by atoms with Crippen LogP contribution in [0.3, 0.4) is 0 Å². The van der Waals surface area contributed by atoms with E-state index in [2.05, 4.69) is 4.98 Å². The molecule has 29 heavy (non-hydrogen) atoms. The van der Waals surface area contributed by atoms with E-state index < -0.39 is 10.1 Å². The molecule has 8 heteroatoms. The highest BCUT2D eigenvalue weighted by Gasteiger charge is 2.09. The molecule has 0 saturated heterocycles. The van der Waals surface area contributed by atoms with E-state index in [1.807, 2.05) is 59.3 Å². The molecule has 0 radical (unpaired) electrons. The monoisotopic (exact) mass is 428 g/mol. The molecule has 0 atom stereocenters. The maximum Gasteiger partial charge on any atom is 0.294 e. The fourth-order valence-electron chi connectivity index (χ4n) is 2.77. The van der Waals surface area contributed by atoms with Gasteiger partial charge in [-0.25, -0.2) is 4.98 Å². The van der Waals surface area contributed by atoms with E-state index in [1.165, 1.54) is 12.1 Å². The topological polar surface area (TPSA) is 81.4 Å². The molecule has 0 spiro atoms. The zero-order chi connectivity index (χ0) is 19.6. The number of rotatable bonds is 5. The summed E-state index contributed by atoms with van der Waals surface area (Å²) in [6.07, 6.45) is 5.33. The van der Waals surface area contributed by atoms with Crippen LogP contribution in [-0.2, 0) is 10.1 Å². The van der Waals surface area contributed by atoms with Crippen molar-refractivity contribution in [3.05, 3.63) is 91.5 Å². The molecule has 4 rings (SSSR count). The number of hydrogen-bond acceptors (Lipinski definition) is 4. The number of hydrogen-bond donors (Lipinski definition) is 1. The average molecular weight is 429 g/mol. The summed E-state index contributed by atoms with van der Waals surface area (Å²) >= 11 is 0. The van der Waals surface area contributed by atoms with E-state index in [-0.39, 0.29) is 17.3 Å². The van der Waals surface area contributed by atoms with Gasteiger partial charge in [-0.1, -0.05) is 24.3 Å². The summed E-state index contributed by atoms with van der Waals surface area (Å²) in [6.45, 7) is 0. The maximum atomic E-state index is 11.1. The first-order chi connectivity index (χ1) is 13.5. The quantitative estimate of drug-likeness (QED) is 0.452. The summed E-state index contributed by atoms with van der Waals surface area (Å²) in [5.74, 6) is 1.41. The van der Waals surface area contributed by atoms with Crippen molar-refractivity contribution in [2.75, 3.05) is 0 Å². The van der Waals surface area contributed by atoms with Crippen molar-refractivity contribution in [1.29, 1.82) is 0 Å². The number of imidazole rings is 1. The van der Waals surface area contributed by atoms with Crippen molar-refractivity contribution in [1.82, 2.24) is 9.55 Å². The summed E-state index contributed by atoms with van der Waals surface area (Å²) in [5.41, 5.74) is 2.74. The molecule has 1 aromatic heterocycles. The average Bonchev–Trinajstić information content (AvgIpc) is 3.23. The summed E-state index contributed by atoms with van der Waals surface area (Å²) < 4.78 is 39.1. The summed E-state index contributed by atoms with van der Waals surface area (Å²) in [5, 5.41) is 0. The lowest BCUT2D eigenvalue weighted by Gasteiger charge is -2.09. The number of aromatic nitrogens is 2. The molecule has 4 aromatic rings. The number of benzene rings is 3. The van der Waals surface area contributed by atoms with Crippen LogP contribution in [0.15, 0.2) is 96.4 Å². The second-order valence-corrected chi connectivity index (χ2v) is 7.51. The van der Waals surface area contributed by atoms with Gasteiger partial charge in [-0.3, -0.25) is 4.55 Å². The fourth-order valence-corrected chi connectivity index (χ4v) is 3.25. The van der Waals surface area contributed by atoms with Gasteiger partial charge in [-0.15, -0.1) is 12.4 Å². The Kier molecular flexibility index (Phi) is 6.03. The fraction of sp³-hybridized carbons (Fsp3) is 0. The first kappa shape index (κ1) is 20.6. The van der Waals surface area contributed by atoms with Crippen molar-refractivity contribution in [2.24, 2.45) is 0 Å². The predicted octanol–water partition coefficient (Wildman–Crippen LogP) is 5.00. The SMILES string of the molecule is Cl.O=S(=O)(O)c1ccc(-c2ccc(Oc3ccc(-n4ccnc4)cc3)cc2)cc1. The Labute approximate surface area is 174 Å². The molecule has 1 N–H and O–H groups in total. The third kappa shape index (κ3) is 4.83. The molecule has 0 bridgehead atoms. The highest BCUT2D eigenvalue weighted by molar-refractivity contribution is 7.85. The van der Waals surface area contributed by atoms with E-state index in [1.54, 1.807) is 24.7 Å². The van der Waals surface area contributed by atoms with Gasteiger partial charge in [0.1, 0.15) is 11.5 Å². The molecule has 1 heterocycles. The van der Waals surface area contributed by atoms with Crippen molar-refractivity contribution in [2.45, 2.75) is 4.90 Å². The standard InChI is InChI=1S/C21H16N2O4S.ClH/c24-28(25,26)21-11-3-17(4-12-21)16-1-7-19(8-2-16)27-20-9-5-18(6-10-20)23-14-13-22-15-23;/h1-15H,(H,24,25,26);1H. The Morgan fingerprint density at radius 1 is 0.793 bits per heavy atom. The van der Waals surface area contributed by atoms with E-state index in [9.17, 15) is 8.42 Å². The molecule has 0 fully saturated rings. The lowest BCUT2D eigenvalue weighted by molar-refractivity contribution is 0.482. The van der Waals surface area contributed by atoms with E-state index >= 15 is 0 Å². The van der Waals surface area contributed by atoms with Crippen molar-refractivity contribution >= 4 is 22.5 Å². The molecular weight excluding hydrogens is 412 g/mol. The van der Waals surface area contributed by atoms with Gasteiger partial charge in [0.15, 0.2) is 0 Å². The lowest BCUT2D eigenvalue weighted by Crippen LogP contribution is -1.97. The van der Waals surface area contributed by atoms with Crippen molar-refractivity contribution < 1.29 is 17.7 Å². The molecule has 0 unspecified atom stereocenters. The summed E-state index contributed by atoms with van der Waals surface area (Å²) in [7, 11) is -4.19. The van der Waals surface area contributed by atoms with Gasteiger partial charge >= 0.3 is 0 Å². The molecule has 0 aliphatic rings. The van der Waals surface area contributed by atoms with Crippen LogP contribution in [-0.4, -0.2) is 22.5 Å². The van der Waals surface area contributed by atoms with Crippen LogP contribution in [0.25, 0.3) is 16.8 Å². The highest BCUT2D eigenvalue weighted by Crippen LogP contribution is 2.27. The Morgan fingerprint density at radius 3 is 1.79 bits per heavy atom. The van der Waals surface area contributed by atoms with Crippen molar-refractivity contribution in [3.8, 4) is 28.3 Å². The van der Waals surface area contributed by atoms with Gasteiger partial charge in [0.2, 0.25) is 0 Å². The van der Waals surface area contributed by atoms with Gasteiger partial charge in [-0.2, -0.15) is 8.42 Å². The molecule has 148 valence electrons. The number of nitrogens with zero attached hydrogens (tertiary/aromatic N) is 2. The van der Waals surface area contributed by atoms with Crippen LogP contribution in [0, 0.1) is 0 Å². The van der Waals surface area contributed by atoms with E-state index in [0.717, 1.165) is 16.8 Å².